The van der Waals surface area contributed by atoms with E-state index < -0.39 is 0 Å². The SMILES string of the molecule is Cc1ccc(C)c(CC(CCC(C)(C)C)NN)c1. The van der Waals surface area contributed by atoms with E-state index >= 15 is 0 Å². The van der Waals surface area contributed by atoms with Crippen molar-refractivity contribution in [1.29, 1.82) is 0 Å². The van der Waals surface area contributed by atoms with E-state index in [9.17, 15) is 0 Å². The van der Waals surface area contributed by atoms with E-state index in [2.05, 4.69) is 58.2 Å². The van der Waals surface area contributed by atoms with Crippen LogP contribution in [0.15, 0.2) is 18.2 Å². The lowest BCUT2D eigenvalue weighted by Gasteiger charge is -2.23. The van der Waals surface area contributed by atoms with E-state index in [0.717, 1.165) is 12.8 Å². The standard InChI is InChI=1S/C16H28N2/c1-12-6-7-13(2)14(10-12)11-15(18-17)8-9-16(3,4)5/h6-7,10,15,18H,8-9,11,17H2,1-5H3. The molecule has 0 spiro atoms. The van der Waals surface area contributed by atoms with Crippen molar-refractivity contribution in [1.82, 2.24) is 5.43 Å². The summed E-state index contributed by atoms with van der Waals surface area (Å²) in [7, 11) is 0. The highest BCUT2D eigenvalue weighted by Gasteiger charge is 2.15. The molecule has 0 aliphatic carbocycles. The van der Waals surface area contributed by atoms with Crippen LogP contribution in [0.2, 0.25) is 0 Å². The van der Waals surface area contributed by atoms with Crippen LogP contribution in [-0.2, 0) is 6.42 Å². The van der Waals surface area contributed by atoms with Crippen molar-refractivity contribution in [2.45, 2.75) is 59.9 Å². The molecule has 2 heteroatoms. The summed E-state index contributed by atoms with van der Waals surface area (Å²) in [6.07, 6.45) is 3.32. The molecular formula is C16H28N2. The summed E-state index contributed by atoms with van der Waals surface area (Å²) in [4.78, 5) is 0. The molecule has 1 aromatic carbocycles. The molecule has 0 heterocycles. The molecule has 0 aromatic heterocycles. The van der Waals surface area contributed by atoms with Gasteiger partial charge in [0.2, 0.25) is 0 Å². The van der Waals surface area contributed by atoms with E-state index in [4.69, 9.17) is 5.84 Å². The molecule has 102 valence electrons. The maximum atomic E-state index is 5.69. The monoisotopic (exact) mass is 248 g/mol. The van der Waals surface area contributed by atoms with Crippen molar-refractivity contribution in [2.75, 3.05) is 0 Å². The zero-order valence-corrected chi connectivity index (χ0v) is 12.5. The van der Waals surface area contributed by atoms with Gasteiger partial charge in [0.25, 0.3) is 0 Å². The van der Waals surface area contributed by atoms with Gasteiger partial charge in [-0.15, -0.1) is 0 Å². The summed E-state index contributed by atoms with van der Waals surface area (Å²) in [6, 6.07) is 7.00. The molecule has 1 unspecified atom stereocenters. The number of rotatable bonds is 5. The van der Waals surface area contributed by atoms with E-state index in [1.807, 2.05) is 0 Å². The Morgan fingerprint density at radius 3 is 2.44 bits per heavy atom. The first kappa shape index (κ1) is 15.2. The van der Waals surface area contributed by atoms with Crippen molar-refractivity contribution < 1.29 is 0 Å². The van der Waals surface area contributed by atoms with Crippen LogP contribution in [0.25, 0.3) is 0 Å². The third-order valence-corrected chi connectivity index (χ3v) is 3.45. The molecule has 0 aliphatic heterocycles. The van der Waals surface area contributed by atoms with Gasteiger partial charge >= 0.3 is 0 Å². The Hall–Kier alpha value is -0.860. The van der Waals surface area contributed by atoms with Crippen molar-refractivity contribution in [3.8, 4) is 0 Å². The second kappa shape index (κ2) is 6.35. The zero-order valence-electron chi connectivity index (χ0n) is 12.5. The minimum atomic E-state index is 0.365. The second-order valence-electron chi connectivity index (χ2n) is 6.60. The lowest BCUT2D eigenvalue weighted by molar-refractivity contribution is 0.330. The van der Waals surface area contributed by atoms with Crippen molar-refractivity contribution >= 4 is 0 Å². The zero-order chi connectivity index (χ0) is 13.8. The minimum absolute atomic E-state index is 0.365. The number of nitrogens with one attached hydrogen (secondary N) is 1. The molecule has 0 saturated carbocycles. The van der Waals surface area contributed by atoms with Crippen LogP contribution < -0.4 is 11.3 Å². The molecule has 2 nitrogen and oxygen atoms in total. The summed E-state index contributed by atoms with van der Waals surface area (Å²) < 4.78 is 0. The number of hydrogen-bond donors (Lipinski definition) is 2. The van der Waals surface area contributed by atoms with Crippen LogP contribution in [0.5, 0.6) is 0 Å². The normalized spacial score (nSPS) is 13.7. The Morgan fingerprint density at radius 2 is 1.89 bits per heavy atom. The molecule has 18 heavy (non-hydrogen) atoms. The van der Waals surface area contributed by atoms with Gasteiger partial charge in [-0.05, 0) is 49.7 Å². The number of nitrogens with two attached hydrogens (primary N) is 1. The molecular weight excluding hydrogens is 220 g/mol. The number of hydrazine groups is 1. The Bertz CT molecular complexity index is 377. The Kier molecular flexibility index (Phi) is 5.36. The predicted molar refractivity (Wildman–Crippen MR) is 79.4 cm³/mol. The average Bonchev–Trinajstić information content (AvgIpc) is 2.27. The summed E-state index contributed by atoms with van der Waals surface area (Å²) in [6.45, 7) is 11.1. The number of aryl methyl sites for hydroxylation is 2. The highest BCUT2D eigenvalue weighted by atomic mass is 15.2. The van der Waals surface area contributed by atoms with Crippen LogP contribution in [-0.4, -0.2) is 6.04 Å². The number of hydrogen-bond acceptors (Lipinski definition) is 2. The third kappa shape index (κ3) is 5.19. The third-order valence-electron chi connectivity index (χ3n) is 3.45. The van der Waals surface area contributed by atoms with Gasteiger partial charge in [0.1, 0.15) is 0 Å². The van der Waals surface area contributed by atoms with Gasteiger partial charge < -0.3 is 0 Å². The van der Waals surface area contributed by atoms with Gasteiger partial charge in [-0.1, -0.05) is 44.5 Å². The molecule has 0 radical (unpaired) electrons. The Morgan fingerprint density at radius 1 is 1.22 bits per heavy atom. The number of benzene rings is 1. The highest BCUT2D eigenvalue weighted by Crippen LogP contribution is 2.23. The van der Waals surface area contributed by atoms with Gasteiger partial charge in [0, 0.05) is 6.04 Å². The molecule has 1 atom stereocenters. The fourth-order valence-electron chi connectivity index (χ4n) is 2.14. The summed E-state index contributed by atoms with van der Waals surface area (Å²) in [5.41, 5.74) is 7.43. The van der Waals surface area contributed by atoms with Crippen LogP contribution >= 0.6 is 0 Å². The topological polar surface area (TPSA) is 38.0 Å². The maximum Gasteiger partial charge on any atom is 0.0251 e. The van der Waals surface area contributed by atoms with Crippen LogP contribution in [0.3, 0.4) is 0 Å². The van der Waals surface area contributed by atoms with Gasteiger partial charge in [-0.25, -0.2) is 0 Å². The highest BCUT2D eigenvalue weighted by molar-refractivity contribution is 5.31. The summed E-state index contributed by atoms with van der Waals surface area (Å²) >= 11 is 0. The molecule has 3 N–H and O–H groups in total. The molecule has 0 saturated heterocycles. The first-order chi connectivity index (χ1) is 8.31. The lowest BCUT2D eigenvalue weighted by Crippen LogP contribution is -2.37. The van der Waals surface area contributed by atoms with Crippen molar-refractivity contribution in [2.24, 2.45) is 11.3 Å². The van der Waals surface area contributed by atoms with Crippen LogP contribution in [0.1, 0.15) is 50.3 Å². The van der Waals surface area contributed by atoms with E-state index in [-0.39, 0.29) is 0 Å². The summed E-state index contributed by atoms with van der Waals surface area (Å²) in [5, 5.41) is 0. The van der Waals surface area contributed by atoms with Crippen LogP contribution in [0.4, 0.5) is 0 Å². The minimum Gasteiger partial charge on any atom is -0.271 e. The molecule has 0 bridgehead atoms. The quantitative estimate of drug-likeness (QED) is 0.618. The first-order valence-corrected chi connectivity index (χ1v) is 6.84. The molecule has 1 rings (SSSR count). The Labute approximate surface area is 112 Å². The fraction of sp³-hybridized carbons (Fsp3) is 0.625. The molecule has 0 aliphatic rings. The van der Waals surface area contributed by atoms with E-state index in [0.29, 0.717) is 11.5 Å². The Balaban J connectivity index is 2.65. The fourth-order valence-corrected chi connectivity index (χ4v) is 2.14. The van der Waals surface area contributed by atoms with Crippen molar-refractivity contribution in [3.63, 3.8) is 0 Å². The molecule has 0 amide bonds. The molecule has 1 aromatic rings. The lowest BCUT2D eigenvalue weighted by atomic mass is 9.87. The first-order valence-electron chi connectivity index (χ1n) is 6.84. The van der Waals surface area contributed by atoms with E-state index in [1.54, 1.807) is 0 Å². The summed E-state index contributed by atoms with van der Waals surface area (Å²) in [5.74, 6) is 5.69. The predicted octanol–water partition coefficient (Wildman–Crippen LogP) is 3.50. The van der Waals surface area contributed by atoms with E-state index in [1.165, 1.54) is 23.1 Å². The smallest absolute Gasteiger partial charge is 0.0251 e. The second-order valence-corrected chi connectivity index (χ2v) is 6.60. The van der Waals surface area contributed by atoms with Gasteiger partial charge in [-0.2, -0.15) is 0 Å². The van der Waals surface area contributed by atoms with Gasteiger partial charge in [-0.3, -0.25) is 11.3 Å². The maximum absolute atomic E-state index is 5.69. The largest absolute Gasteiger partial charge is 0.271 e. The average molecular weight is 248 g/mol. The van der Waals surface area contributed by atoms with Crippen molar-refractivity contribution in [3.05, 3.63) is 34.9 Å². The molecule has 0 fully saturated rings. The van der Waals surface area contributed by atoms with Crippen LogP contribution in [0, 0.1) is 19.3 Å². The van der Waals surface area contributed by atoms with Gasteiger partial charge in [0.05, 0.1) is 0 Å². The van der Waals surface area contributed by atoms with Gasteiger partial charge in [0.15, 0.2) is 0 Å².